The highest BCUT2D eigenvalue weighted by Gasteiger charge is 2.46. The van der Waals surface area contributed by atoms with E-state index >= 15 is 0 Å². The Hall–Kier alpha value is -1.04. The Labute approximate surface area is 152 Å². The van der Waals surface area contributed by atoms with Gasteiger partial charge in [0.25, 0.3) is 0 Å². The van der Waals surface area contributed by atoms with Gasteiger partial charge in [-0.1, -0.05) is 14.4 Å². The van der Waals surface area contributed by atoms with Crippen molar-refractivity contribution in [3.8, 4) is 0 Å². The lowest BCUT2D eigenvalue weighted by Gasteiger charge is -2.39. The van der Waals surface area contributed by atoms with Crippen LogP contribution in [0.15, 0.2) is 11.3 Å². The number of allylic oxidation sites excluding steroid dienone is 2. The highest BCUT2D eigenvalue weighted by molar-refractivity contribution is 6.05. The zero-order valence-corrected chi connectivity index (χ0v) is 15.4. The van der Waals surface area contributed by atoms with Crippen LogP contribution in [0.5, 0.6) is 0 Å². The number of hydrogen-bond acceptors (Lipinski definition) is 4. The fourth-order valence-corrected chi connectivity index (χ4v) is 4.61. The first-order valence-electron chi connectivity index (χ1n) is 9.34. The average molecular weight is 352 g/mol. The van der Waals surface area contributed by atoms with Crippen LogP contribution >= 0.6 is 0 Å². The molecule has 0 aromatic carbocycles. The van der Waals surface area contributed by atoms with E-state index in [2.05, 4.69) is 32.6 Å². The number of hydrogen-bond donors (Lipinski definition) is 1. The lowest BCUT2D eigenvalue weighted by molar-refractivity contribution is -0.518. The van der Waals surface area contributed by atoms with Gasteiger partial charge in [0.2, 0.25) is 6.73 Å². The topological polar surface area (TPSA) is 52.8 Å². The van der Waals surface area contributed by atoms with E-state index in [9.17, 15) is 9.90 Å². The average Bonchev–Trinajstić information content (AvgIpc) is 2.85. The van der Waals surface area contributed by atoms with Crippen LogP contribution in [0.2, 0.25) is 0 Å². The smallest absolute Gasteiger partial charge is 0.250 e. The number of ether oxygens (including phenoxy) is 1. The summed E-state index contributed by atoms with van der Waals surface area (Å²) in [7, 11) is 0. The Bertz CT molecular complexity index is 581. The van der Waals surface area contributed by atoms with Crippen LogP contribution in [0.3, 0.4) is 0 Å². The number of aliphatic hydroxyl groups excluding tert-OH is 1. The summed E-state index contributed by atoms with van der Waals surface area (Å²) in [6, 6.07) is 0.356. The third kappa shape index (κ3) is 3.46. The maximum absolute atomic E-state index is 13.2. The van der Waals surface area contributed by atoms with E-state index in [4.69, 9.17) is 4.74 Å². The largest absolute Gasteiger partial charge is 0.376 e. The van der Waals surface area contributed by atoms with Gasteiger partial charge in [0.1, 0.15) is 0 Å². The molecule has 25 heavy (non-hydrogen) atoms. The number of ketones is 1. The first-order chi connectivity index (χ1) is 11.5. The molecule has 0 spiro atoms. The fourth-order valence-electron chi connectivity index (χ4n) is 4.61. The van der Waals surface area contributed by atoms with Crippen LogP contribution < -0.4 is 0 Å². The lowest BCUT2D eigenvalue weighted by atomic mass is 9.79. The van der Waals surface area contributed by atoms with Crippen LogP contribution in [0, 0.1) is 11.8 Å². The van der Waals surface area contributed by atoms with Crippen molar-refractivity contribution in [2.75, 3.05) is 26.4 Å². The van der Waals surface area contributed by atoms with Gasteiger partial charge in [0.05, 0.1) is 24.2 Å². The Balaban J connectivity index is 0.00000225. The van der Waals surface area contributed by atoms with E-state index in [0.717, 1.165) is 55.9 Å². The summed E-state index contributed by atoms with van der Waals surface area (Å²) in [5, 5.41) is 9.70. The van der Waals surface area contributed by atoms with Gasteiger partial charge in [0, 0.05) is 38.4 Å². The summed E-state index contributed by atoms with van der Waals surface area (Å²) in [6.07, 6.45) is 2.93. The van der Waals surface area contributed by atoms with Crippen molar-refractivity contribution in [1.82, 2.24) is 4.90 Å². The second-order valence-electron chi connectivity index (χ2n) is 7.44. The van der Waals surface area contributed by atoms with Crippen molar-refractivity contribution in [2.45, 2.75) is 66.5 Å². The fraction of sp³-hybridized carbons (Fsp3) is 0.800. The predicted molar refractivity (Wildman–Crippen MR) is 99.7 cm³/mol. The highest BCUT2D eigenvalue weighted by Crippen LogP contribution is 2.38. The summed E-state index contributed by atoms with van der Waals surface area (Å²) in [6.45, 7) is 11.0. The molecule has 0 radical (unpaired) electrons. The molecule has 0 amide bonds. The third-order valence-electron chi connectivity index (χ3n) is 6.30. The summed E-state index contributed by atoms with van der Waals surface area (Å²) < 4.78 is 7.66. The molecule has 3 rings (SSSR count). The third-order valence-corrected chi connectivity index (χ3v) is 6.30. The second-order valence-corrected chi connectivity index (χ2v) is 7.44. The molecule has 0 bridgehead atoms. The van der Waals surface area contributed by atoms with Crippen LogP contribution in [0.25, 0.3) is 0 Å². The molecule has 5 heteroatoms. The van der Waals surface area contributed by atoms with E-state index in [1.165, 1.54) is 0 Å². The molecule has 4 unspecified atom stereocenters. The normalized spacial score (nSPS) is 33.6. The monoisotopic (exact) mass is 351 g/mol. The van der Waals surface area contributed by atoms with E-state index in [-0.39, 0.29) is 32.1 Å². The van der Waals surface area contributed by atoms with Crippen molar-refractivity contribution in [1.29, 1.82) is 0 Å². The van der Waals surface area contributed by atoms with Crippen LogP contribution in [0.1, 0.15) is 54.4 Å². The van der Waals surface area contributed by atoms with Crippen molar-refractivity contribution in [3.05, 3.63) is 11.3 Å². The SMILES string of the molecule is C.CCC1C2=C(CCC(CN3CCOC(C)C3C)C2=O)[N+](CO)=C1C. The Morgan fingerprint density at radius 1 is 1.36 bits per heavy atom. The van der Waals surface area contributed by atoms with E-state index in [1.807, 2.05) is 4.58 Å². The number of morpholine rings is 1. The molecular formula is C20H35N2O3+. The molecule has 5 nitrogen and oxygen atoms in total. The first-order valence-corrected chi connectivity index (χ1v) is 9.34. The number of rotatable bonds is 4. The van der Waals surface area contributed by atoms with Gasteiger partial charge in [-0.2, -0.15) is 4.58 Å². The Kier molecular flexibility index (Phi) is 6.57. The summed E-state index contributed by atoms with van der Waals surface area (Å²) in [5.41, 5.74) is 3.19. The predicted octanol–water partition coefficient (Wildman–Crippen LogP) is 2.43. The highest BCUT2D eigenvalue weighted by atomic mass is 16.5. The van der Waals surface area contributed by atoms with Crippen molar-refractivity contribution in [3.63, 3.8) is 0 Å². The molecule has 1 aliphatic carbocycles. The van der Waals surface area contributed by atoms with Gasteiger partial charge >= 0.3 is 0 Å². The lowest BCUT2D eigenvalue weighted by Crippen LogP contribution is -2.51. The van der Waals surface area contributed by atoms with Gasteiger partial charge in [0.15, 0.2) is 17.2 Å². The maximum atomic E-state index is 13.2. The van der Waals surface area contributed by atoms with Gasteiger partial charge < -0.3 is 9.84 Å². The molecule has 2 heterocycles. The van der Waals surface area contributed by atoms with E-state index in [0.29, 0.717) is 11.8 Å². The van der Waals surface area contributed by atoms with Crippen LogP contribution in [-0.4, -0.2) is 64.6 Å². The van der Waals surface area contributed by atoms with Crippen molar-refractivity contribution in [2.24, 2.45) is 11.8 Å². The molecule has 1 saturated heterocycles. The number of nitrogens with zero attached hydrogens (tertiary/aromatic N) is 2. The van der Waals surface area contributed by atoms with Crippen molar-refractivity contribution >= 4 is 11.5 Å². The number of carbonyl (C=O) groups is 1. The molecule has 4 atom stereocenters. The Morgan fingerprint density at radius 3 is 2.72 bits per heavy atom. The number of aliphatic hydroxyl groups is 1. The standard InChI is InChI=1S/C19H31N2O3.CH4/c1-5-16-13(3)21(11-22)17-7-6-15(19(23)18(16)17)10-20-8-9-24-14(4)12(20)2;/h12,14-16,22H,5-11H2,1-4H3;1H4/q+1;. The van der Waals surface area contributed by atoms with E-state index < -0.39 is 0 Å². The molecule has 1 fully saturated rings. The van der Waals surface area contributed by atoms with Gasteiger partial charge in [-0.25, -0.2) is 0 Å². The zero-order chi connectivity index (χ0) is 17.4. The minimum absolute atomic E-state index is 0. The Morgan fingerprint density at radius 2 is 2.08 bits per heavy atom. The number of Topliss-reactive ketones (excluding diaryl/α,β-unsaturated/α-hetero) is 1. The molecule has 0 aromatic rings. The summed E-state index contributed by atoms with van der Waals surface area (Å²) in [5.74, 6) is 0.574. The molecule has 0 aromatic heterocycles. The maximum Gasteiger partial charge on any atom is 0.250 e. The zero-order valence-electron chi connectivity index (χ0n) is 15.4. The molecule has 142 valence electrons. The van der Waals surface area contributed by atoms with Crippen molar-refractivity contribution < 1.29 is 19.2 Å². The van der Waals surface area contributed by atoms with Crippen LogP contribution in [-0.2, 0) is 9.53 Å². The van der Waals surface area contributed by atoms with Gasteiger partial charge in [-0.15, -0.1) is 0 Å². The molecule has 2 aliphatic heterocycles. The molecule has 1 N–H and O–H groups in total. The van der Waals surface area contributed by atoms with Gasteiger partial charge in [-0.05, 0) is 26.7 Å². The van der Waals surface area contributed by atoms with Crippen LogP contribution in [0.4, 0.5) is 0 Å². The molecule has 3 aliphatic rings. The second kappa shape index (κ2) is 8.11. The summed E-state index contributed by atoms with van der Waals surface area (Å²) in [4.78, 5) is 15.6. The minimum atomic E-state index is -0.0167. The summed E-state index contributed by atoms with van der Waals surface area (Å²) >= 11 is 0. The minimum Gasteiger partial charge on any atom is -0.376 e. The quantitative estimate of drug-likeness (QED) is 0.791. The molecular weight excluding hydrogens is 316 g/mol. The number of carbonyl (C=O) groups excluding carboxylic acids is 1. The molecule has 0 saturated carbocycles. The van der Waals surface area contributed by atoms with E-state index in [1.54, 1.807) is 0 Å². The van der Waals surface area contributed by atoms with Gasteiger partial charge in [-0.3, -0.25) is 9.69 Å². The first kappa shape index (κ1) is 20.3.